The van der Waals surface area contributed by atoms with Gasteiger partial charge in [-0.15, -0.1) is 0 Å². The second kappa shape index (κ2) is 6.55. The third-order valence-electron chi connectivity index (χ3n) is 5.06. The van der Waals surface area contributed by atoms with Gasteiger partial charge in [-0.2, -0.15) is 4.31 Å². The van der Waals surface area contributed by atoms with Gasteiger partial charge in [0.25, 0.3) is 0 Å². The Kier molecular flexibility index (Phi) is 4.39. The summed E-state index contributed by atoms with van der Waals surface area (Å²) in [4.78, 5) is 14.2. The Morgan fingerprint density at radius 3 is 2.56 bits per heavy atom. The monoisotopic (exact) mass is 376 g/mol. The summed E-state index contributed by atoms with van der Waals surface area (Å²) in [6.45, 7) is 1.10. The van der Waals surface area contributed by atoms with Crippen molar-refractivity contribution in [2.75, 3.05) is 13.1 Å². The maximum Gasteiger partial charge on any atom is 0.305 e. The van der Waals surface area contributed by atoms with Crippen molar-refractivity contribution >= 4 is 31.6 Å². The van der Waals surface area contributed by atoms with Gasteiger partial charge in [0.1, 0.15) is 0 Å². The highest BCUT2D eigenvalue weighted by molar-refractivity contribution is 7.89. The van der Waals surface area contributed by atoms with Crippen molar-refractivity contribution in [1.82, 2.24) is 9.29 Å². The van der Waals surface area contributed by atoms with E-state index in [1.54, 1.807) is 22.5 Å². The third kappa shape index (κ3) is 3.23. The number of nitrogens with zero attached hydrogens (tertiary/aromatic N) is 1. The van der Waals surface area contributed by atoms with Crippen LogP contribution >= 0.6 is 11.3 Å². The van der Waals surface area contributed by atoms with Gasteiger partial charge in [0, 0.05) is 13.1 Å². The Morgan fingerprint density at radius 1 is 1.12 bits per heavy atom. The van der Waals surface area contributed by atoms with E-state index < -0.39 is 10.0 Å². The summed E-state index contributed by atoms with van der Waals surface area (Å²) < 4.78 is 28.1. The summed E-state index contributed by atoms with van der Waals surface area (Å²) in [6, 6.07) is 4.86. The first kappa shape index (κ1) is 16.8. The second-order valence-corrected chi connectivity index (χ2v) is 9.54. The molecule has 0 atom stereocenters. The second-order valence-electron chi connectivity index (χ2n) is 6.58. The van der Waals surface area contributed by atoms with Gasteiger partial charge in [-0.05, 0) is 49.3 Å². The molecule has 1 aliphatic heterocycles. The first-order valence-corrected chi connectivity index (χ1v) is 10.8. The Balaban J connectivity index is 1.52. The highest BCUT2D eigenvalue weighted by Gasteiger charge is 2.31. The number of H-pyrrole nitrogens is 1. The molecule has 5 nitrogen and oxygen atoms in total. The van der Waals surface area contributed by atoms with Crippen LogP contribution in [-0.2, 0) is 10.0 Å². The maximum atomic E-state index is 12.9. The van der Waals surface area contributed by atoms with Crippen LogP contribution in [0.5, 0.6) is 0 Å². The first-order valence-electron chi connectivity index (χ1n) is 8.50. The van der Waals surface area contributed by atoms with Crippen LogP contribution in [0.3, 0.4) is 0 Å². The van der Waals surface area contributed by atoms with E-state index in [2.05, 4.69) is 29.3 Å². The smallest absolute Gasteiger partial charge is 0.305 e. The number of rotatable bonds is 3. The zero-order valence-corrected chi connectivity index (χ0v) is 15.4. The molecule has 2 aliphatic rings. The van der Waals surface area contributed by atoms with Gasteiger partial charge in [-0.1, -0.05) is 35.6 Å². The van der Waals surface area contributed by atoms with Gasteiger partial charge in [0.15, 0.2) is 0 Å². The molecule has 7 heteroatoms. The number of fused-ring (bicyclic) bond motifs is 1. The minimum absolute atomic E-state index is 0.168. The van der Waals surface area contributed by atoms with Crippen LogP contribution in [0.4, 0.5) is 0 Å². The maximum absolute atomic E-state index is 12.9. The third-order valence-corrected chi connectivity index (χ3v) is 7.80. The lowest BCUT2D eigenvalue weighted by Gasteiger charge is -2.34. The van der Waals surface area contributed by atoms with E-state index in [4.69, 9.17) is 0 Å². The number of thiazole rings is 1. The normalized spacial score (nSPS) is 20.5. The van der Waals surface area contributed by atoms with Crippen LogP contribution in [0, 0.1) is 11.8 Å². The topological polar surface area (TPSA) is 70.2 Å². The number of sulfonamides is 1. The SMILES string of the molecule is O=c1[nH]c2ccc(S(=O)(=O)N3CCC(C4C=CCC=C4)CC3)cc2s1. The number of allylic oxidation sites excluding steroid dienone is 4. The molecule has 1 aromatic carbocycles. The number of piperidine rings is 1. The summed E-state index contributed by atoms with van der Waals surface area (Å²) >= 11 is 1.04. The molecule has 1 saturated heterocycles. The molecule has 0 spiro atoms. The highest BCUT2D eigenvalue weighted by atomic mass is 32.2. The van der Waals surface area contributed by atoms with Crippen molar-refractivity contribution in [3.8, 4) is 0 Å². The quantitative estimate of drug-likeness (QED) is 0.837. The molecule has 1 N–H and O–H groups in total. The molecule has 1 aliphatic carbocycles. The Hall–Kier alpha value is -1.70. The predicted octanol–water partition coefficient (Wildman–Crippen LogP) is 3.12. The fourth-order valence-electron chi connectivity index (χ4n) is 3.66. The number of hydrogen-bond acceptors (Lipinski definition) is 4. The van der Waals surface area contributed by atoms with Crippen LogP contribution in [0.2, 0.25) is 0 Å². The summed E-state index contributed by atoms with van der Waals surface area (Å²) in [7, 11) is -3.51. The Morgan fingerprint density at radius 2 is 1.84 bits per heavy atom. The first-order chi connectivity index (χ1) is 12.0. The molecule has 0 unspecified atom stereocenters. The van der Waals surface area contributed by atoms with Gasteiger partial charge >= 0.3 is 4.87 Å². The zero-order valence-electron chi connectivity index (χ0n) is 13.7. The number of benzene rings is 1. The van der Waals surface area contributed by atoms with Crippen LogP contribution in [0.15, 0.2) is 52.2 Å². The van der Waals surface area contributed by atoms with E-state index >= 15 is 0 Å². The van der Waals surface area contributed by atoms with E-state index in [1.165, 1.54) is 0 Å². The molecule has 2 aromatic rings. The molecule has 1 fully saturated rings. The van der Waals surface area contributed by atoms with E-state index in [0.29, 0.717) is 35.1 Å². The molecule has 1 aromatic heterocycles. The molecule has 4 rings (SSSR count). The van der Waals surface area contributed by atoms with Gasteiger partial charge in [0.2, 0.25) is 10.0 Å². The van der Waals surface area contributed by atoms with Gasteiger partial charge < -0.3 is 4.98 Å². The number of aromatic nitrogens is 1. The largest absolute Gasteiger partial charge is 0.312 e. The van der Waals surface area contributed by atoms with Crippen LogP contribution in [0.1, 0.15) is 19.3 Å². The lowest BCUT2D eigenvalue weighted by atomic mass is 9.83. The van der Waals surface area contributed by atoms with Crippen LogP contribution in [-0.4, -0.2) is 30.8 Å². The van der Waals surface area contributed by atoms with Crippen molar-refractivity contribution < 1.29 is 8.42 Å². The van der Waals surface area contributed by atoms with Crippen molar-refractivity contribution in [3.63, 3.8) is 0 Å². The van der Waals surface area contributed by atoms with Gasteiger partial charge in [-0.3, -0.25) is 4.79 Å². The fourth-order valence-corrected chi connectivity index (χ4v) is 6.01. The van der Waals surface area contributed by atoms with Crippen LogP contribution < -0.4 is 4.87 Å². The van der Waals surface area contributed by atoms with Gasteiger partial charge in [0.05, 0.1) is 15.1 Å². The summed E-state index contributed by atoms with van der Waals surface area (Å²) in [5, 5.41) is 0. The molecule has 25 heavy (non-hydrogen) atoms. The predicted molar refractivity (Wildman–Crippen MR) is 100 cm³/mol. The van der Waals surface area contributed by atoms with E-state index in [-0.39, 0.29) is 9.77 Å². The molecular formula is C18H20N2O3S2. The van der Waals surface area contributed by atoms with E-state index in [0.717, 1.165) is 30.6 Å². The fraction of sp³-hybridized carbons (Fsp3) is 0.389. The van der Waals surface area contributed by atoms with Crippen molar-refractivity contribution in [1.29, 1.82) is 0 Å². The van der Waals surface area contributed by atoms with E-state index in [9.17, 15) is 13.2 Å². The molecule has 0 saturated carbocycles. The van der Waals surface area contributed by atoms with Crippen LogP contribution in [0.25, 0.3) is 10.2 Å². The van der Waals surface area contributed by atoms with Crippen molar-refractivity contribution in [3.05, 3.63) is 52.2 Å². The highest BCUT2D eigenvalue weighted by Crippen LogP contribution is 2.32. The summed E-state index contributed by atoms with van der Waals surface area (Å²) in [5.74, 6) is 0.948. The molecule has 0 bridgehead atoms. The standard InChI is InChI=1S/C18H20N2O3S2/c21-18-19-16-7-6-15(12-17(16)24-18)25(22,23)20-10-8-14(9-11-20)13-4-2-1-3-5-13/h2-7,12-14H,1,8-11H2,(H,19,21). The van der Waals surface area contributed by atoms with Crippen molar-refractivity contribution in [2.24, 2.45) is 11.8 Å². The number of hydrogen-bond donors (Lipinski definition) is 1. The molecule has 0 radical (unpaired) electrons. The Bertz CT molecular complexity index is 981. The Labute approximate surface area is 150 Å². The lowest BCUT2D eigenvalue weighted by molar-refractivity contribution is 0.250. The molecule has 2 heterocycles. The van der Waals surface area contributed by atoms with Crippen molar-refractivity contribution in [2.45, 2.75) is 24.2 Å². The minimum atomic E-state index is -3.51. The van der Waals surface area contributed by atoms with E-state index in [1.807, 2.05) is 0 Å². The summed E-state index contributed by atoms with van der Waals surface area (Å²) in [6.07, 6.45) is 11.6. The number of nitrogens with one attached hydrogen (secondary N) is 1. The lowest BCUT2D eigenvalue weighted by Crippen LogP contribution is -2.39. The zero-order chi connectivity index (χ0) is 17.4. The average molecular weight is 377 g/mol. The molecule has 0 amide bonds. The molecule has 132 valence electrons. The minimum Gasteiger partial charge on any atom is -0.312 e. The number of aromatic amines is 1. The average Bonchev–Trinajstić information content (AvgIpc) is 3.02. The summed E-state index contributed by atoms with van der Waals surface area (Å²) in [5.41, 5.74) is 0.684. The molecular weight excluding hydrogens is 356 g/mol. The van der Waals surface area contributed by atoms with Gasteiger partial charge in [-0.25, -0.2) is 8.42 Å².